The highest BCUT2D eigenvalue weighted by Crippen LogP contribution is 2.39. The molecule has 222 valence electrons. The predicted molar refractivity (Wildman–Crippen MR) is 133 cm³/mol. The average Bonchev–Trinajstić information content (AvgIpc) is 2.94. The van der Waals surface area contributed by atoms with Crippen molar-refractivity contribution in [2.75, 3.05) is 13.2 Å². The number of phenolic OH excluding ortho intramolecular Hbond substituents is 1. The van der Waals surface area contributed by atoms with Crippen LogP contribution in [-0.2, 0) is 14.2 Å². The second-order valence-electron chi connectivity index (χ2n) is 10.2. The summed E-state index contributed by atoms with van der Waals surface area (Å²) in [6.45, 7) is 0.354. The summed E-state index contributed by atoms with van der Waals surface area (Å²) >= 11 is 0. The first kappa shape index (κ1) is 29.5. The minimum Gasteiger partial charge on any atom is -0.507 e. The van der Waals surface area contributed by atoms with Crippen LogP contribution in [-0.4, -0.2) is 127 Å². The summed E-state index contributed by atoms with van der Waals surface area (Å²) in [5.74, 6) is -1.84. The van der Waals surface area contributed by atoms with Gasteiger partial charge < -0.3 is 59.8 Å². The molecule has 14 nitrogen and oxygen atoms in total. The van der Waals surface area contributed by atoms with Gasteiger partial charge in [-0.3, -0.25) is 9.59 Å². The highest BCUT2D eigenvalue weighted by Gasteiger charge is 2.48. The van der Waals surface area contributed by atoms with Gasteiger partial charge in [0.15, 0.2) is 12.1 Å². The molecule has 2 heterocycles. The predicted octanol–water partition coefficient (Wildman–Crippen LogP) is -2.52. The second-order valence-corrected chi connectivity index (χ2v) is 10.2. The van der Waals surface area contributed by atoms with Crippen molar-refractivity contribution in [1.29, 1.82) is 0 Å². The van der Waals surface area contributed by atoms with Crippen LogP contribution >= 0.6 is 0 Å². The molecule has 41 heavy (non-hydrogen) atoms. The zero-order valence-corrected chi connectivity index (χ0v) is 21.6. The van der Waals surface area contributed by atoms with E-state index < -0.39 is 91.9 Å². The van der Waals surface area contributed by atoms with Gasteiger partial charge in [0.05, 0.1) is 24.3 Å². The molecule has 10 atom stereocenters. The summed E-state index contributed by atoms with van der Waals surface area (Å²) in [6.07, 6.45) is -16.4. The van der Waals surface area contributed by atoms with Crippen LogP contribution < -0.4 is 4.74 Å². The fourth-order valence-electron chi connectivity index (χ4n) is 5.17. The molecule has 0 saturated carbocycles. The molecule has 0 aromatic heterocycles. The van der Waals surface area contributed by atoms with Crippen LogP contribution in [0.2, 0.25) is 0 Å². The number of ketones is 2. The van der Waals surface area contributed by atoms with Gasteiger partial charge in [-0.15, -0.1) is 0 Å². The van der Waals surface area contributed by atoms with Gasteiger partial charge in [-0.05, 0) is 30.7 Å². The summed E-state index contributed by atoms with van der Waals surface area (Å²) in [4.78, 5) is 26.6. The molecular formula is C27H30O14. The summed E-state index contributed by atoms with van der Waals surface area (Å²) < 4.78 is 22.1. The molecule has 14 heteroatoms. The van der Waals surface area contributed by atoms with Crippen LogP contribution in [0.25, 0.3) is 0 Å². The molecule has 5 rings (SSSR count). The Balaban J connectivity index is 1.38. The van der Waals surface area contributed by atoms with E-state index in [1.807, 2.05) is 0 Å². The number of carbonyl (C=O) groups excluding carboxylic acids is 2. The molecule has 0 unspecified atom stereocenters. The fourth-order valence-corrected chi connectivity index (χ4v) is 5.17. The average molecular weight is 579 g/mol. The smallest absolute Gasteiger partial charge is 0.229 e. The third-order valence-electron chi connectivity index (χ3n) is 7.42. The number of hydrogen-bond donors (Lipinski definition) is 8. The minimum absolute atomic E-state index is 0.00326. The van der Waals surface area contributed by atoms with Crippen molar-refractivity contribution in [2.45, 2.75) is 68.3 Å². The Morgan fingerprint density at radius 3 is 2.07 bits per heavy atom. The second kappa shape index (κ2) is 11.3. The molecule has 2 aromatic carbocycles. The molecule has 8 N–H and O–H groups in total. The van der Waals surface area contributed by atoms with E-state index in [1.54, 1.807) is 6.92 Å². The Kier molecular flexibility index (Phi) is 8.15. The van der Waals surface area contributed by atoms with Gasteiger partial charge >= 0.3 is 0 Å². The van der Waals surface area contributed by atoms with Crippen molar-refractivity contribution in [3.05, 3.63) is 58.1 Å². The number of hydrogen-bond acceptors (Lipinski definition) is 14. The van der Waals surface area contributed by atoms with Gasteiger partial charge in [0.1, 0.15) is 60.3 Å². The maximum atomic E-state index is 13.4. The number of phenols is 1. The summed E-state index contributed by atoms with van der Waals surface area (Å²) in [7, 11) is 0. The molecule has 0 amide bonds. The van der Waals surface area contributed by atoms with Crippen LogP contribution in [0.1, 0.15) is 37.4 Å². The zero-order valence-electron chi connectivity index (χ0n) is 21.6. The third-order valence-corrected chi connectivity index (χ3v) is 7.42. The number of aliphatic hydroxyl groups is 7. The number of aromatic hydroxyl groups is 1. The number of ether oxygens (including phenoxy) is 4. The van der Waals surface area contributed by atoms with Crippen molar-refractivity contribution in [2.24, 2.45) is 0 Å². The van der Waals surface area contributed by atoms with E-state index >= 15 is 0 Å². The summed E-state index contributed by atoms with van der Waals surface area (Å²) in [6, 6.07) is 6.98. The molecule has 3 aliphatic rings. The molecular weight excluding hydrogens is 548 g/mol. The minimum atomic E-state index is -1.83. The number of aryl methyl sites for hydroxylation is 1. The first-order valence-electron chi connectivity index (χ1n) is 12.8. The van der Waals surface area contributed by atoms with Crippen molar-refractivity contribution < 1.29 is 69.4 Å². The lowest BCUT2D eigenvalue weighted by Crippen LogP contribution is -2.62. The topological polar surface area (TPSA) is 233 Å². The Bertz CT molecular complexity index is 1330. The van der Waals surface area contributed by atoms with E-state index in [4.69, 9.17) is 18.9 Å². The van der Waals surface area contributed by atoms with Gasteiger partial charge in [0.25, 0.3) is 0 Å². The highest BCUT2D eigenvalue weighted by molar-refractivity contribution is 6.30. The van der Waals surface area contributed by atoms with Gasteiger partial charge in [0, 0.05) is 11.1 Å². The Morgan fingerprint density at radius 2 is 1.39 bits per heavy atom. The monoisotopic (exact) mass is 578 g/mol. The quantitative estimate of drug-likeness (QED) is 0.151. The molecule has 2 aromatic rings. The number of carbonyl (C=O) groups is 2. The lowest BCUT2D eigenvalue weighted by atomic mass is 9.82. The molecule has 0 radical (unpaired) electrons. The van der Waals surface area contributed by atoms with Crippen LogP contribution in [0, 0.1) is 6.92 Å². The molecule has 2 saturated heterocycles. The van der Waals surface area contributed by atoms with Crippen LogP contribution in [0.4, 0.5) is 0 Å². The van der Waals surface area contributed by atoms with Gasteiger partial charge in [-0.25, -0.2) is 0 Å². The van der Waals surface area contributed by atoms with E-state index in [2.05, 4.69) is 0 Å². The Hall–Kier alpha value is -3.02. The standard InChI is InChI=1S/C27H30O14/c1-9-5-11-17(21(33)16-10(18(11)30)3-2-4-12(16)29)13(6-9)39-27-25(37)23(35)20(32)15(41-27)8-38-26-24(36)22(34)19(31)14(7-28)40-26/h2-6,14-15,19-20,22-29,31-32,34-37H,7-8H2,1H3/t14-,15-,19-,20-,22+,23+,24-,25-,26-,27-/m0/s1. The summed E-state index contributed by atoms with van der Waals surface area (Å²) in [5, 5.41) is 81.4. The molecule has 2 fully saturated rings. The molecule has 0 bridgehead atoms. The molecule has 0 spiro atoms. The van der Waals surface area contributed by atoms with Crippen LogP contribution in [0.15, 0.2) is 30.3 Å². The Labute approximate surface area is 232 Å². The highest BCUT2D eigenvalue weighted by atomic mass is 16.7. The molecule has 1 aliphatic carbocycles. The van der Waals surface area contributed by atoms with Crippen LogP contribution in [0.3, 0.4) is 0 Å². The van der Waals surface area contributed by atoms with E-state index in [0.29, 0.717) is 5.56 Å². The molecule has 2 aliphatic heterocycles. The van der Waals surface area contributed by atoms with Crippen molar-refractivity contribution in [3.63, 3.8) is 0 Å². The van der Waals surface area contributed by atoms with E-state index in [9.17, 15) is 50.4 Å². The van der Waals surface area contributed by atoms with E-state index in [-0.39, 0.29) is 28.0 Å². The SMILES string of the molecule is Cc1cc(O[C@H]2O[C@@H](CO[C@H]3O[C@@H](CO)[C@H](O)[C@@H](O)[C@@H]3O)[C@H](O)[C@@H](O)[C@@H]2O)c2c(c1)C(=O)c1cccc(O)c1C2=O. The fraction of sp³-hybridized carbons (Fsp3) is 0.481. The largest absolute Gasteiger partial charge is 0.507 e. The van der Waals surface area contributed by atoms with Crippen molar-refractivity contribution in [3.8, 4) is 11.5 Å². The van der Waals surface area contributed by atoms with Crippen molar-refractivity contribution >= 4 is 11.6 Å². The number of rotatable bonds is 6. The first-order valence-corrected chi connectivity index (χ1v) is 12.8. The summed E-state index contributed by atoms with van der Waals surface area (Å²) in [5.41, 5.74) is 0.107. The van der Waals surface area contributed by atoms with Gasteiger partial charge in [-0.1, -0.05) is 12.1 Å². The van der Waals surface area contributed by atoms with E-state index in [1.165, 1.54) is 30.3 Å². The normalized spacial score (nSPS) is 35.1. The number of fused-ring (bicyclic) bond motifs is 2. The van der Waals surface area contributed by atoms with Gasteiger partial charge in [-0.2, -0.15) is 0 Å². The number of aliphatic hydroxyl groups excluding tert-OH is 7. The number of benzene rings is 2. The Morgan fingerprint density at radius 1 is 0.756 bits per heavy atom. The van der Waals surface area contributed by atoms with Gasteiger partial charge in [0.2, 0.25) is 12.1 Å². The zero-order chi connectivity index (χ0) is 29.7. The van der Waals surface area contributed by atoms with E-state index in [0.717, 1.165) is 0 Å². The lowest BCUT2D eigenvalue weighted by Gasteiger charge is -2.42. The lowest BCUT2D eigenvalue weighted by molar-refractivity contribution is -0.323. The third kappa shape index (κ3) is 5.12. The first-order chi connectivity index (χ1) is 19.4. The van der Waals surface area contributed by atoms with Crippen molar-refractivity contribution in [1.82, 2.24) is 0 Å². The maximum absolute atomic E-state index is 13.4. The maximum Gasteiger partial charge on any atom is 0.229 e. The van der Waals surface area contributed by atoms with Crippen LogP contribution in [0.5, 0.6) is 11.5 Å².